The molecule has 1 aliphatic rings. The molecule has 1 aliphatic carbocycles. The molecule has 8 heteroatoms. The maximum absolute atomic E-state index is 14.3. The van der Waals surface area contributed by atoms with Crippen molar-refractivity contribution in [2.75, 3.05) is 17.1 Å². The fourth-order valence-corrected chi connectivity index (χ4v) is 6.48. The summed E-state index contributed by atoms with van der Waals surface area (Å²) in [5.74, 6) is -0.589. The lowest BCUT2D eigenvalue weighted by atomic mass is 10.0. The average molecular weight is 590 g/mol. The number of aryl methyl sites for hydroxylation is 1. The number of anilines is 1. The second kappa shape index (κ2) is 14.0. The van der Waals surface area contributed by atoms with Gasteiger partial charge in [-0.1, -0.05) is 105 Å². The van der Waals surface area contributed by atoms with Crippen molar-refractivity contribution >= 4 is 27.5 Å². The van der Waals surface area contributed by atoms with Crippen LogP contribution in [0.4, 0.5) is 5.69 Å². The smallest absolute Gasteiger partial charge is 0.244 e. The van der Waals surface area contributed by atoms with Crippen LogP contribution in [0.25, 0.3) is 0 Å². The van der Waals surface area contributed by atoms with Crippen molar-refractivity contribution in [2.24, 2.45) is 0 Å². The molecule has 7 nitrogen and oxygen atoms in total. The summed E-state index contributed by atoms with van der Waals surface area (Å²) in [5.41, 5.74) is 4.20. The van der Waals surface area contributed by atoms with Gasteiger partial charge < -0.3 is 10.2 Å². The molecule has 0 saturated heterocycles. The number of nitrogens with one attached hydrogen (secondary N) is 1. The Labute approximate surface area is 251 Å². The summed E-state index contributed by atoms with van der Waals surface area (Å²) < 4.78 is 27.5. The largest absolute Gasteiger partial charge is 0.352 e. The molecule has 0 bridgehead atoms. The highest BCUT2D eigenvalue weighted by molar-refractivity contribution is 7.92. The molecule has 1 atom stereocenters. The predicted octanol–water partition coefficient (Wildman–Crippen LogP) is 5.58. The number of carbonyl (C=O) groups excluding carboxylic acids is 2. The van der Waals surface area contributed by atoms with Gasteiger partial charge in [0, 0.05) is 19.0 Å². The second-order valence-electron chi connectivity index (χ2n) is 11.7. The first-order valence-electron chi connectivity index (χ1n) is 14.8. The van der Waals surface area contributed by atoms with E-state index in [-0.39, 0.29) is 24.4 Å². The molecule has 4 rings (SSSR count). The number of sulfonamides is 1. The third-order valence-corrected chi connectivity index (χ3v) is 9.08. The number of rotatable bonds is 12. The number of para-hydroxylation sites is 1. The molecular formula is C34H43N3O4S. The molecule has 224 valence electrons. The topological polar surface area (TPSA) is 86.8 Å². The first-order valence-corrected chi connectivity index (χ1v) is 16.6. The SMILES string of the molecule is Cc1ccc(CN(C(=O)CN(c2ccccc2C(C)C)S(C)(=O)=O)[C@H](Cc2ccccc2)C(=O)NC2CCCC2)cc1. The maximum atomic E-state index is 14.3. The highest BCUT2D eigenvalue weighted by Crippen LogP contribution is 2.29. The maximum Gasteiger partial charge on any atom is 0.244 e. The van der Waals surface area contributed by atoms with Gasteiger partial charge in [0.25, 0.3) is 0 Å². The summed E-state index contributed by atoms with van der Waals surface area (Å²) in [6, 6.07) is 24.1. The number of amides is 2. The quantitative estimate of drug-likeness (QED) is 0.299. The minimum absolute atomic E-state index is 0.0484. The Balaban J connectivity index is 1.75. The Morgan fingerprint density at radius 2 is 1.50 bits per heavy atom. The van der Waals surface area contributed by atoms with Crippen molar-refractivity contribution in [3.63, 3.8) is 0 Å². The van der Waals surface area contributed by atoms with Gasteiger partial charge in [-0.15, -0.1) is 0 Å². The van der Waals surface area contributed by atoms with Crippen molar-refractivity contribution < 1.29 is 18.0 Å². The van der Waals surface area contributed by atoms with Crippen LogP contribution in [0.5, 0.6) is 0 Å². The van der Waals surface area contributed by atoms with E-state index >= 15 is 0 Å². The van der Waals surface area contributed by atoms with Gasteiger partial charge in [0.1, 0.15) is 12.6 Å². The van der Waals surface area contributed by atoms with Gasteiger partial charge in [-0.2, -0.15) is 0 Å². The molecule has 0 spiro atoms. The van der Waals surface area contributed by atoms with Gasteiger partial charge in [-0.3, -0.25) is 13.9 Å². The molecule has 1 fully saturated rings. The van der Waals surface area contributed by atoms with Gasteiger partial charge in [-0.25, -0.2) is 8.42 Å². The first-order chi connectivity index (χ1) is 20.0. The number of benzene rings is 3. The molecule has 1 saturated carbocycles. The standard InChI is InChI=1S/C34H43N3O4S/c1-25(2)30-16-10-11-17-31(30)37(42(4,40)41)24-33(38)36(23-28-20-18-26(3)19-21-28)32(22-27-12-6-5-7-13-27)34(39)35-29-14-8-9-15-29/h5-7,10-13,16-21,25,29,32H,8-9,14-15,22-24H2,1-4H3,(H,35,39)/t32-/m1/s1. The Morgan fingerprint density at radius 3 is 2.12 bits per heavy atom. The zero-order valence-corrected chi connectivity index (χ0v) is 25.9. The Morgan fingerprint density at radius 1 is 0.881 bits per heavy atom. The van der Waals surface area contributed by atoms with Crippen LogP contribution in [0, 0.1) is 6.92 Å². The third-order valence-electron chi connectivity index (χ3n) is 7.95. The molecule has 3 aromatic rings. The van der Waals surface area contributed by atoms with E-state index in [0.717, 1.165) is 54.2 Å². The highest BCUT2D eigenvalue weighted by atomic mass is 32.2. The van der Waals surface area contributed by atoms with Crippen LogP contribution in [0.2, 0.25) is 0 Å². The molecule has 2 amide bonds. The molecule has 42 heavy (non-hydrogen) atoms. The van der Waals surface area contributed by atoms with E-state index in [9.17, 15) is 18.0 Å². The van der Waals surface area contributed by atoms with E-state index in [1.807, 2.05) is 87.5 Å². The van der Waals surface area contributed by atoms with Crippen LogP contribution in [0.3, 0.4) is 0 Å². The van der Waals surface area contributed by atoms with E-state index in [2.05, 4.69) is 5.32 Å². The number of hydrogen-bond donors (Lipinski definition) is 1. The van der Waals surface area contributed by atoms with Crippen molar-refractivity contribution in [2.45, 2.75) is 77.4 Å². The van der Waals surface area contributed by atoms with Crippen molar-refractivity contribution in [3.8, 4) is 0 Å². The van der Waals surface area contributed by atoms with E-state index in [1.54, 1.807) is 17.0 Å². The Hall–Kier alpha value is -3.65. The third kappa shape index (κ3) is 8.22. The van der Waals surface area contributed by atoms with Gasteiger partial charge in [-0.05, 0) is 48.4 Å². The lowest BCUT2D eigenvalue weighted by molar-refractivity contribution is -0.140. The minimum Gasteiger partial charge on any atom is -0.352 e. The molecule has 0 aliphatic heterocycles. The number of carbonyl (C=O) groups is 2. The normalized spacial score (nSPS) is 14.5. The van der Waals surface area contributed by atoms with Crippen LogP contribution >= 0.6 is 0 Å². The zero-order valence-electron chi connectivity index (χ0n) is 25.1. The summed E-state index contributed by atoms with van der Waals surface area (Å²) in [6.45, 7) is 5.76. The van der Waals surface area contributed by atoms with Gasteiger partial charge in [0.05, 0.1) is 11.9 Å². The van der Waals surface area contributed by atoms with Gasteiger partial charge >= 0.3 is 0 Å². The van der Waals surface area contributed by atoms with Crippen LogP contribution < -0.4 is 9.62 Å². The molecule has 0 unspecified atom stereocenters. The van der Waals surface area contributed by atoms with Crippen molar-refractivity contribution in [1.82, 2.24) is 10.2 Å². The molecular weight excluding hydrogens is 546 g/mol. The minimum atomic E-state index is -3.82. The lowest BCUT2D eigenvalue weighted by Gasteiger charge is -2.34. The lowest BCUT2D eigenvalue weighted by Crippen LogP contribution is -2.54. The second-order valence-corrected chi connectivity index (χ2v) is 13.6. The van der Waals surface area contributed by atoms with Crippen LogP contribution in [0.1, 0.15) is 67.7 Å². The zero-order chi connectivity index (χ0) is 30.3. The summed E-state index contributed by atoms with van der Waals surface area (Å²) in [5, 5.41) is 3.20. The molecule has 0 radical (unpaired) electrons. The van der Waals surface area contributed by atoms with Crippen molar-refractivity contribution in [3.05, 3.63) is 101 Å². The predicted molar refractivity (Wildman–Crippen MR) is 169 cm³/mol. The summed E-state index contributed by atoms with van der Waals surface area (Å²) >= 11 is 0. The van der Waals surface area contributed by atoms with E-state index in [0.29, 0.717) is 12.1 Å². The number of hydrogen-bond acceptors (Lipinski definition) is 4. The van der Waals surface area contributed by atoms with Crippen LogP contribution in [0.15, 0.2) is 78.9 Å². The van der Waals surface area contributed by atoms with Gasteiger partial charge in [0.2, 0.25) is 21.8 Å². The summed E-state index contributed by atoms with van der Waals surface area (Å²) in [7, 11) is -3.82. The Bertz CT molecular complexity index is 1450. The van der Waals surface area contributed by atoms with E-state index < -0.39 is 28.5 Å². The van der Waals surface area contributed by atoms with E-state index in [4.69, 9.17) is 0 Å². The Kier molecular flexibility index (Phi) is 10.4. The molecule has 0 heterocycles. The highest BCUT2D eigenvalue weighted by Gasteiger charge is 2.34. The fraction of sp³-hybridized carbons (Fsp3) is 0.412. The summed E-state index contributed by atoms with van der Waals surface area (Å²) in [4.78, 5) is 29.9. The summed E-state index contributed by atoms with van der Waals surface area (Å²) in [6.07, 6.45) is 5.42. The van der Waals surface area contributed by atoms with Crippen molar-refractivity contribution in [1.29, 1.82) is 0 Å². The molecule has 3 aromatic carbocycles. The fourth-order valence-electron chi connectivity index (χ4n) is 5.61. The van der Waals surface area contributed by atoms with Crippen LogP contribution in [-0.2, 0) is 32.6 Å². The molecule has 1 N–H and O–H groups in total. The first kappa shape index (κ1) is 31.3. The van der Waals surface area contributed by atoms with Crippen LogP contribution in [-0.4, -0.2) is 50.0 Å². The van der Waals surface area contributed by atoms with E-state index in [1.165, 1.54) is 4.31 Å². The average Bonchev–Trinajstić information content (AvgIpc) is 3.47. The molecule has 0 aromatic heterocycles. The monoisotopic (exact) mass is 589 g/mol. The number of nitrogens with zero attached hydrogens (tertiary/aromatic N) is 2. The van der Waals surface area contributed by atoms with Gasteiger partial charge in [0.15, 0.2) is 0 Å².